The Morgan fingerprint density at radius 3 is 2.41 bits per heavy atom. The van der Waals surface area contributed by atoms with E-state index in [0.717, 1.165) is 6.54 Å². The van der Waals surface area contributed by atoms with Crippen molar-refractivity contribution in [2.45, 2.75) is 26.8 Å². The molecule has 2 heteroatoms. The average molecular weight is 232 g/mol. The monoisotopic (exact) mass is 232 g/mol. The van der Waals surface area contributed by atoms with Crippen molar-refractivity contribution in [2.24, 2.45) is 0 Å². The number of hydrogen-bond acceptors (Lipinski definition) is 2. The third-order valence-corrected chi connectivity index (χ3v) is 3.49. The topological polar surface area (TPSA) is 6.48 Å². The van der Waals surface area contributed by atoms with Crippen LogP contribution in [0.2, 0.25) is 0 Å². The van der Waals surface area contributed by atoms with Gasteiger partial charge >= 0.3 is 0 Å². The third-order valence-electron chi connectivity index (χ3n) is 3.49. The molecular formula is C15H24N2. The van der Waals surface area contributed by atoms with E-state index in [1.807, 2.05) is 0 Å². The minimum absolute atomic E-state index is 1.11. The molecule has 1 aromatic carbocycles. The van der Waals surface area contributed by atoms with Gasteiger partial charge in [-0.1, -0.05) is 36.8 Å². The molecule has 94 valence electrons. The summed E-state index contributed by atoms with van der Waals surface area (Å²) in [7, 11) is 0. The van der Waals surface area contributed by atoms with Gasteiger partial charge in [0.2, 0.25) is 0 Å². The van der Waals surface area contributed by atoms with Crippen molar-refractivity contribution in [3.05, 3.63) is 35.4 Å². The lowest BCUT2D eigenvalue weighted by Crippen LogP contribution is -2.45. The predicted octanol–water partition coefficient (Wildman–Crippen LogP) is 2.52. The van der Waals surface area contributed by atoms with Gasteiger partial charge in [0.1, 0.15) is 0 Å². The van der Waals surface area contributed by atoms with Crippen LogP contribution in [0.25, 0.3) is 0 Å². The fourth-order valence-corrected chi connectivity index (χ4v) is 2.56. The van der Waals surface area contributed by atoms with E-state index < -0.39 is 0 Å². The summed E-state index contributed by atoms with van der Waals surface area (Å²) in [5, 5.41) is 0. The van der Waals surface area contributed by atoms with E-state index >= 15 is 0 Å². The summed E-state index contributed by atoms with van der Waals surface area (Å²) >= 11 is 0. The van der Waals surface area contributed by atoms with Crippen LogP contribution >= 0.6 is 0 Å². The van der Waals surface area contributed by atoms with E-state index in [1.54, 1.807) is 0 Å². The Morgan fingerprint density at radius 1 is 1.06 bits per heavy atom. The maximum atomic E-state index is 2.58. The number of piperazine rings is 1. The van der Waals surface area contributed by atoms with Crippen LogP contribution in [0.1, 0.15) is 24.5 Å². The van der Waals surface area contributed by atoms with Crippen molar-refractivity contribution in [3.63, 3.8) is 0 Å². The summed E-state index contributed by atoms with van der Waals surface area (Å²) in [6, 6.07) is 8.88. The van der Waals surface area contributed by atoms with Crippen LogP contribution in [0.15, 0.2) is 24.3 Å². The van der Waals surface area contributed by atoms with E-state index in [-0.39, 0.29) is 0 Å². The van der Waals surface area contributed by atoms with Crippen molar-refractivity contribution in [1.82, 2.24) is 9.80 Å². The Kier molecular flexibility index (Phi) is 4.57. The summed E-state index contributed by atoms with van der Waals surface area (Å²) in [5.41, 5.74) is 2.82. The van der Waals surface area contributed by atoms with Gasteiger partial charge in [0.15, 0.2) is 0 Å². The molecule has 0 bridgehead atoms. The van der Waals surface area contributed by atoms with Crippen molar-refractivity contribution in [1.29, 1.82) is 0 Å². The molecule has 0 saturated carbocycles. The van der Waals surface area contributed by atoms with Crippen LogP contribution in [-0.2, 0) is 6.54 Å². The highest BCUT2D eigenvalue weighted by molar-refractivity contribution is 5.22. The minimum Gasteiger partial charge on any atom is -0.301 e. The Balaban J connectivity index is 1.82. The molecule has 0 atom stereocenters. The fourth-order valence-electron chi connectivity index (χ4n) is 2.56. The quantitative estimate of drug-likeness (QED) is 0.787. The molecule has 0 radical (unpaired) electrons. The van der Waals surface area contributed by atoms with Gasteiger partial charge < -0.3 is 4.90 Å². The van der Waals surface area contributed by atoms with Gasteiger partial charge in [-0.25, -0.2) is 0 Å². The molecule has 2 nitrogen and oxygen atoms in total. The van der Waals surface area contributed by atoms with E-state index in [1.165, 1.54) is 50.3 Å². The number of benzene rings is 1. The Labute approximate surface area is 105 Å². The molecule has 0 aliphatic carbocycles. The molecule has 1 saturated heterocycles. The van der Waals surface area contributed by atoms with Gasteiger partial charge in [0.25, 0.3) is 0 Å². The first-order chi connectivity index (χ1) is 8.28. The second-order valence-corrected chi connectivity index (χ2v) is 5.11. The molecule has 1 aromatic rings. The van der Waals surface area contributed by atoms with Crippen LogP contribution in [0.3, 0.4) is 0 Å². The van der Waals surface area contributed by atoms with Crippen LogP contribution in [0.5, 0.6) is 0 Å². The SMILES string of the molecule is CCCN1CCN(Cc2cccc(C)c2)CC1. The summed E-state index contributed by atoms with van der Waals surface area (Å²) in [6.45, 7) is 11.7. The van der Waals surface area contributed by atoms with Crippen molar-refractivity contribution < 1.29 is 0 Å². The molecule has 17 heavy (non-hydrogen) atoms. The summed E-state index contributed by atoms with van der Waals surface area (Å²) in [5.74, 6) is 0. The van der Waals surface area contributed by atoms with Gasteiger partial charge in [-0.05, 0) is 25.5 Å². The Bertz CT molecular complexity index is 341. The number of hydrogen-bond donors (Lipinski definition) is 0. The number of nitrogens with zero attached hydrogens (tertiary/aromatic N) is 2. The van der Waals surface area contributed by atoms with Gasteiger partial charge in [-0.15, -0.1) is 0 Å². The zero-order valence-corrected chi connectivity index (χ0v) is 11.2. The Morgan fingerprint density at radius 2 is 1.76 bits per heavy atom. The van der Waals surface area contributed by atoms with E-state index in [4.69, 9.17) is 0 Å². The summed E-state index contributed by atoms with van der Waals surface area (Å²) < 4.78 is 0. The highest BCUT2D eigenvalue weighted by atomic mass is 15.3. The van der Waals surface area contributed by atoms with Crippen molar-refractivity contribution in [3.8, 4) is 0 Å². The molecule has 0 unspecified atom stereocenters. The third kappa shape index (κ3) is 3.83. The zero-order chi connectivity index (χ0) is 12.1. The maximum Gasteiger partial charge on any atom is 0.0234 e. The highest BCUT2D eigenvalue weighted by Crippen LogP contribution is 2.10. The number of rotatable bonds is 4. The van der Waals surface area contributed by atoms with E-state index in [0.29, 0.717) is 0 Å². The molecule has 0 amide bonds. The molecule has 0 aromatic heterocycles. The zero-order valence-electron chi connectivity index (χ0n) is 11.2. The minimum atomic E-state index is 1.11. The lowest BCUT2D eigenvalue weighted by atomic mass is 10.1. The van der Waals surface area contributed by atoms with Crippen LogP contribution in [0, 0.1) is 6.92 Å². The van der Waals surface area contributed by atoms with Crippen LogP contribution in [0.4, 0.5) is 0 Å². The van der Waals surface area contributed by atoms with Crippen LogP contribution in [-0.4, -0.2) is 42.5 Å². The smallest absolute Gasteiger partial charge is 0.0234 e. The molecule has 1 aliphatic rings. The molecule has 2 rings (SSSR count). The van der Waals surface area contributed by atoms with Gasteiger partial charge in [-0.2, -0.15) is 0 Å². The van der Waals surface area contributed by atoms with Gasteiger partial charge in [0.05, 0.1) is 0 Å². The largest absolute Gasteiger partial charge is 0.301 e. The van der Waals surface area contributed by atoms with Gasteiger partial charge in [0, 0.05) is 32.7 Å². The van der Waals surface area contributed by atoms with E-state index in [2.05, 4.69) is 47.9 Å². The lowest BCUT2D eigenvalue weighted by molar-refractivity contribution is 0.127. The van der Waals surface area contributed by atoms with Crippen molar-refractivity contribution in [2.75, 3.05) is 32.7 Å². The summed E-state index contributed by atoms with van der Waals surface area (Å²) in [4.78, 5) is 5.15. The first-order valence-corrected chi connectivity index (χ1v) is 6.78. The standard InChI is InChI=1S/C15H24N2/c1-3-7-16-8-10-17(11-9-16)13-15-6-4-5-14(2)12-15/h4-6,12H,3,7-11,13H2,1-2H3. The highest BCUT2D eigenvalue weighted by Gasteiger charge is 2.15. The molecule has 1 fully saturated rings. The lowest BCUT2D eigenvalue weighted by Gasteiger charge is -2.34. The van der Waals surface area contributed by atoms with Crippen molar-refractivity contribution >= 4 is 0 Å². The first-order valence-electron chi connectivity index (χ1n) is 6.78. The first kappa shape index (κ1) is 12.6. The second kappa shape index (κ2) is 6.18. The molecular weight excluding hydrogens is 208 g/mol. The van der Waals surface area contributed by atoms with E-state index in [9.17, 15) is 0 Å². The summed E-state index contributed by atoms with van der Waals surface area (Å²) in [6.07, 6.45) is 1.28. The molecule has 1 aliphatic heterocycles. The Hall–Kier alpha value is -0.860. The molecule has 0 N–H and O–H groups in total. The van der Waals surface area contributed by atoms with Crippen LogP contribution < -0.4 is 0 Å². The average Bonchev–Trinajstić information content (AvgIpc) is 2.32. The predicted molar refractivity (Wildman–Crippen MR) is 73.2 cm³/mol. The molecule has 0 spiro atoms. The normalized spacial score (nSPS) is 18.5. The maximum absolute atomic E-state index is 2.58. The number of aryl methyl sites for hydroxylation is 1. The molecule has 1 heterocycles. The fraction of sp³-hybridized carbons (Fsp3) is 0.600. The second-order valence-electron chi connectivity index (χ2n) is 5.11. The van der Waals surface area contributed by atoms with Gasteiger partial charge in [-0.3, -0.25) is 4.90 Å².